The van der Waals surface area contributed by atoms with Gasteiger partial charge in [-0.15, -0.1) is 0 Å². The van der Waals surface area contributed by atoms with Crippen LogP contribution in [0, 0.1) is 6.92 Å². The summed E-state index contributed by atoms with van der Waals surface area (Å²) in [4.78, 5) is 4.32. The zero-order valence-corrected chi connectivity index (χ0v) is 9.56. The van der Waals surface area contributed by atoms with Crippen LogP contribution in [0.1, 0.15) is 24.0 Å². The van der Waals surface area contributed by atoms with Crippen molar-refractivity contribution in [3.8, 4) is 0 Å². The Labute approximate surface area is 92.1 Å². The number of aryl methyl sites for hydroxylation is 2. The van der Waals surface area contributed by atoms with Gasteiger partial charge in [-0.25, -0.2) is 4.98 Å². The molecule has 6 heteroatoms. The largest absolute Gasteiger partial charge is 0.356 e. The average Bonchev–Trinajstić information content (AvgIpc) is 2.84. The van der Waals surface area contributed by atoms with Crippen LogP contribution in [-0.4, -0.2) is 19.6 Å². The summed E-state index contributed by atoms with van der Waals surface area (Å²) in [5, 5.41) is 11.0. The third kappa shape index (κ3) is 2.33. The molecule has 0 bridgehead atoms. The third-order valence-corrected chi connectivity index (χ3v) is 2.86. The molecule has 0 amide bonds. The van der Waals surface area contributed by atoms with E-state index < -0.39 is 0 Å². The maximum Gasteiger partial charge on any atom is 0.202 e. The fourth-order valence-electron chi connectivity index (χ4n) is 1.19. The molecule has 0 aliphatic carbocycles. The summed E-state index contributed by atoms with van der Waals surface area (Å²) in [5.41, 5.74) is 2.24. The van der Waals surface area contributed by atoms with E-state index in [0.29, 0.717) is 0 Å². The van der Waals surface area contributed by atoms with Crippen molar-refractivity contribution in [2.24, 2.45) is 0 Å². The molecule has 0 saturated heterocycles. The highest BCUT2D eigenvalue weighted by molar-refractivity contribution is 7.09. The molecule has 0 spiro atoms. The van der Waals surface area contributed by atoms with Crippen molar-refractivity contribution < 1.29 is 0 Å². The average molecular weight is 223 g/mol. The van der Waals surface area contributed by atoms with Crippen LogP contribution in [0.15, 0.2) is 6.20 Å². The molecule has 0 unspecified atom stereocenters. The molecular formula is C9H13N5S. The fourth-order valence-corrected chi connectivity index (χ4v) is 1.84. The molecule has 5 nitrogen and oxygen atoms in total. The van der Waals surface area contributed by atoms with Gasteiger partial charge in [-0.1, -0.05) is 6.92 Å². The van der Waals surface area contributed by atoms with Gasteiger partial charge in [-0.3, -0.25) is 5.10 Å². The standard InChI is InChI=1S/C9H13N5S/c1-3-8-12-9(15-14-8)10-4-7-5-11-13-6(7)2/h5H,3-4H2,1-2H3,(H,11,13)(H,10,12,14). The molecule has 0 saturated carbocycles. The molecule has 15 heavy (non-hydrogen) atoms. The number of aromatic amines is 1. The van der Waals surface area contributed by atoms with Gasteiger partial charge in [0, 0.05) is 35.8 Å². The minimum absolute atomic E-state index is 0.737. The molecule has 2 N–H and O–H groups in total. The Kier molecular flexibility index (Phi) is 2.96. The van der Waals surface area contributed by atoms with Crippen molar-refractivity contribution >= 4 is 16.7 Å². The normalized spacial score (nSPS) is 10.5. The van der Waals surface area contributed by atoms with Crippen LogP contribution >= 0.6 is 11.5 Å². The highest BCUT2D eigenvalue weighted by Gasteiger charge is 2.03. The van der Waals surface area contributed by atoms with Crippen LogP contribution in [0.25, 0.3) is 0 Å². The first kappa shape index (κ1) is 10.1. The van der Waals surface area contributed by atoms with Gasteiger partial charge in [0.05, 0.1) is 6.20 Å². The Bertz CT molecular complexity index is 433. The number of rotatable bonds is 4. The van der Waals surface area contributed by atoms with Gasteiger partial charge in [0.15, 0.2) is 0 Å². The zero-order chi connectivity index (χ0) is 10.7. The van der Waals surface area contributed by atoms with Crippen LogP contribution in [0.5, 0.6) is 0 Å². The Hall–Kier alpha value is -1.43. The first-order chi connectivity index (χ1) is 7.29. The molecule has 80 valence electrons. The summed E-state index contributed by atoms with van der Waals surface area (Å²) < 4.78 is 4.20. The predicted molar refractivity (Wildman–Crippen MR) is 59.9 cm³/mol. The first-order valence-corrected chi connectivity index (χ1v) is 5.62. The molecule has 0 radical (unpaired) electrons. The van der Waals surface area contributed by atoms with Gasteiger partial charge in [0.1, 0.15) is 5.82 Å². The van der Waals surface area contributed by atoms with Crippen LogP contribution in [-0.2, 0) is 13.0 Å². The molecule has 2 heterocycles. The molecule has 2 aromatic rings. The van der Waals surface area contributed by atoms with E-state index in [2.05, 4.69) is 24.9 Å². The van der Waals surface area contributed by atoms with Crippen LogP contribution in [0.3, 0.4) is 0 Å². The molecule has 0 aliphatic rings. The highest BCUT2D eigenvalue weighted by Crippen LogP contribution is 2.13. The van der Waals surface area contributed by atoms with Gasteiger partial charge in [0.25, 0.3) is 0 Å². The quantitative estimate of drug-likeness (QED) is 0.828. The van der Waals surface area contributed by atoms with Crippen molar-refractivity contribution in [3.05, 3.63) is 23.3 Å². The lowest BCUT2D eigenvalue weighted by molar-refractivity contribution is 0.991. The number of hydrogen-bond acceptors (Lipinski definition) is 5. The van der Waals surface area contributed by atoms with Crippen LogP contribution in [0.2, 0.25) is 0 Å². The minimum Gasteiger partial charge on any atom is -0.356 e. The maximum absolute atomic E-state index is 4.32. The lowest BCUT2D eigenvalue weighted by Crippen LogP contribution is -1.99. The monoisotopic (exact) mass is 223 g/mol. The van der Waals surface area contributed by atoms with E-state index in [1.807, 2.05) is 20.0 Å². The minimum atomic E-state index is 0.737. The Morgan fingerprint density at radius 2 is 2.40 bits per heavy atom. The van der Waals surface area contributed by atoms with Crippen LogP contribution in [0.4, 0.5) is 5.13 Å². The summed E-state index contributed by atoms with van der Waals surface area (Å²) in [6.45, 7) is 4.79. The van der Waals surface area contributed by atoms with Gasteiger partial charge >= 0.3 is 0 Å². The highest BCUT2D eigenvalue weighted by atomic mass is 32.1. The first-order valence-electron chi connectivity index (χ1n) is 4.85. The lowest BCUT2D eigenvalue weighted by atomic mass is 10.3. The Morgan fingerprint density at radius 3 is 3.00 bits per heavy atom. The van der Waals surface area contributed by atoms with E-state index in [4.69, 9.17) is 0 Å². The van der Waals surface area contributed by atoms with Crippen molar-refractivity contribution in [1.29, 1.82) is 0 Å². The molecule has 2 aromatic heterocycles. The molecule has 0 atom stereocenters. The second-order valence-corrected chi connectivity index (χ2v) is 3.99. The summed E-state index contributed by atoms with van der Waals surface area (Å²) >= 11 is 1.40. The zero-order valence-electron chi connectivity index (χ0n) is 8.74. The van der Waals surface area contributed by atoms with Gasteiger partial charge in [-0.2, -0.15) is 9.47 Å². The van der Waals surface area contributed by atoms with E-state index in [1.165, 1.54) is 11.5 Å². The fraction of sp³-hybridized carbons (Fsp3) is 0.444. The maximum atomic E-state index is 4.32. The third-order valence-electron chi connectivity index (χ3n) is 2.15. The second-order valence-electron chi connectivity index (χ2n) is 3.24. The predicted octanol–water partition coefficient (Wildman–Crippen LogP) is 1.74. The number of anilines is 1. The van der Waals surface area contributed by atoms with E-state index in [1.54, 1.807) is 0 Å². The smallest absolute Gasteiger partial charge is 0.202 e. The summed E-state index contributed by atoms with van der Waals surface area (Å²) in [7, 11) is 0. The van der Waals surface area contributed by atoms with E-state index in [0.717, 1.165) is 35.2 Å². The number of nitrogens with one attached hydrogen (secondary N) is 2. The second kappa shape index (κ2) is 4.39. The van der Waals surface area contributed by atoms with Gasteiger partial charge in [0.2, 0.25) is 5.13 Å². The van der Waals surface area contributed by atoms with Crippen molar-refractivity contribution in [3.63, 3.8) is 0 Å². The van der Waals surface area contributed by atoms with Crippen molar-refractivity contribution in [2.75, 3.05) is 5.32 Å². The van der Waals surface area contributed by atoms with Gasteiger partial charge < -0.3 is 5.32 Å². The van der Waals surface area contributed by atoms with Crippen molar-refractivity contribution in [1.82, 2.24) is 19.6 Å². The topological polar surface area (TPSA) is 66.5 Å². The molecule has 0 aliphatic heterocycles. The number of aromatic nitrogens is 4. The van der Waals surface area contributed by atoms with Gasteiger partial charge in [-0.05, 0) is 6.92 Å². The Balaban J connectivity index is 1.96. The Morgan fingerprint density at radius 1 is 1.53 bits per heavy atom. The summed E-state index contributed by atoms with van der Waals surface area (Å²) in [6.07, 6.45) is 2.70. The number of H-pyrrole nitrogens is 1. The number of nitrogens with zero attached hydrogens (tertiary/aromatic N) is 3. The number of hydrogen-bond donors (Lipinski definition) is 2. The summed E-state index contributed by atoms with van der Waals surface area (Å²) in [6, 6.07) is 0. The SMILES string of the molecule is CCc1nsc(NCc2cn[nH]c2C)n1. The molecule has 0 aromatic carbocycles. The van der Waals surface area contributed by atoms with Crippen molar-refractivity contribution in [2.45, 2.75) is 26.8 Å². The molecule has 0 fully saturated rings. The molecule has 2 rings (SSSR count). The van der Waals surface area contributed by atoms with E-state index >= 15 is 0 Å². The van der Waals surface area contributed by atoms with Crippen LogP contribution < -0.4 is 5.32 Å². The summed E-state index contributed by atoms with van der Waals surface area (Å²) in [5.74, 6) is 0.895. The van der Waals surface area contributed by atoms with E-state index in [9.17, 15) is 0 Å². The lowest BCUT2D eigenvalue weighted by Gasteiger charge is -1.99. The van der Waals surface area contributed by atoms with E-state index in [-0.39, 0.29) is 0 Å². The molecular weight excluding hydrogens is 210 g/mol.